The molecule has 1 aliphatic rings. The van der Waals surface area contributed by atoms with Crippen LogP contribution in [0.2, 0.25) is 0 Å². The van der Waals surface area contributed by atoms with Crippen LogP contribution < -0.4 is 0 Å². The first kappa shape index (κ1) is 21.4. The van der Waals surface area contributed by atoms with Crippen LogP contribution in [0.1, 0.15) is 11.1 Å². The quantitative estimate of drug-likeness (QED) is 0.202. The third kappa shape index (κ3) is 2.69. The average Bonchev–Trinajstić information content (AvgIpc) is 3.69. The van der Waals surface area contributed by atoms with Gasteiger partial charge in [-0.25, -0.2) is 4.98 Å². The summed E-state index contributed by atoms with van der Waals surface area (Å²) in [5.41, 5.74) is 14.1. The average molecular weight is 523 g/mol. The molecule has 0 saturated heterocycles. The molecule has 41 heavy (non-hydrogen) atoms. The normalized spacial score (nSPS) is 12.8. The highest BCUT2D eigenvalue weighted by atomic mass is 15.0. The molecule has 190 valence electrons. The number of hydrogen-bond acceptors (Lipinski definition) is 2. The van der Waals surface area contributed by atoms with E-state index in [1.54, 1.807) is 0 Å². The summed E-state index contributed by atoms with van der Waals surface area (Å²) < 4.78 is 4.72. The fourth-order valence-corrected chi connectivity index (χ4v) is 7.25. The number of rotatable bonds is 1. The minimum Gasteiger partial charge on any atom is -0.309 e. The Bertz CT molecular complexity index is 2550. The van der Waals surface area contributed by atoms with Crippen molar-refractivity contribution in [3.63, 3.8) is 0 Å². The molecule has 4 heterocycles. The monoisotopic (exact) mass is 522 g/mol. The van der Waals surface area contributed by atoms with E-state index in [9.17, 15) is 0 Å². The maximum Gasteiger partial charge on any atom is 0.147 e. The van der Waals surface area contributed by atoms with Crippen LogP contribution in [0.15, 0.2) is 121 Å². The van der Waals surface area contributed by atoms with E-state index >= 15 is 0 Å². The molecule has 10 rings (SSSR count). The van der Waals surface area contributed by atoms with Crippen LogP contribution >= 0.6 is 0 Å². The summed E-state index contributed by atoms with van der Waals surface area (Å²) in [6, 6.07) is 41.5. The number of benzene rings is 5. The number of nitrogens with zero attached hydrogens (tertiary/aromatic N) is 4. The number of hydrogen-bond donors (Lipinski definition) is 0. The molecule has 0 amide bonds. The van der Waals surface area contributed by atoms with Gasteiger partial charge in [-0.2, -0.15) is 0 Å². The molecule has 0 bridgehead atoms. The Labute approximate surface area is 234 Å². The first-order valence-corrected chi connectivity index (χ1v) is 14.1. The summed E-state index contributed by atoms with van der Waals surface area (Å²) >= 11 is 0. The van der Waals surface area contributed by atoms with Gasteiger partial charge in [0.1, 0.15) is 5.65 Å². The predicted octanol–water partition coefficient (Wildman–Crippen LogP) is 8.86. The van der Waals surface area contributed by atoms with Gasteiger partial charge in [0.25, 0.3) is 0 Å². The van der Waals surface area contributed by atoms with Crippen molar-refractivity contribution in [2.75, 3.05) is 0 Å². The van der Waals surface area contributed by atoms with Crippen molar-refractivity contribution < 1.29 is 0 Å². The first-order valence-electron chi connectivity index (χ1n) is 14.1. The summed E-state index contributed by atoms with van der Waals surface area (Å²) in [6.07, 6.45) is 2.85. The molecule has 9 aromatic rings. The highest BCUT2D eigenvalue weighted by molar-refractivity contribution is 6.29. The molecule has 1 aliphatic carbocycles. The Morgan fingerprint density at radius 2 is 1.39 bits per heavy atom. The summed E-state index contributed by atoms with van der Waals surface area (Å²) in [7, 11) is 0. The molecule has 4 nitrogen and oxygen atoms in total. The van der Waals surface area contributed by atoms with E-state index < -0.39 is 0 Å². The van der Waals surface area contributed by atoms with Gasteiger partial charge in [0.2, 0.25) is 0 Å². The first-order chi connectivity index (χ1) is 20.3. The lowest BCUT2D eigenvalue weighted by Gasteiger charge is -2.11. The van der Waals surface area contributed by atoms with Crippen LogP contribution in [0.3, 0.4) is 0 Å². The van der Waals surface area contributed by atoms with Crippen molar-refractivity contribution in [1.82, 2.24) is 18.9 Å². The number of aromatic nitrogens is 4. The van der Waals surface area contributed by atoms with Gasteiger partial charge in [-0.3, -0.25) is 9.38 Å². The molecule has 5 aromatic carbocycles. The minimum atomic E-state index is 0.956. The molecular weight excluding hydrogens is 500 g/mol. The molecule has 0 N–H and O–H groups in total. The van der Waals surface area contributed by atoms with E-state index in [4.69, 9.17) is 9.97 Å². The fraction of sp³-hybridized carbons (Fsp3) is 0.0270. The van der Waals surface area contributed by atoms with Crippen molar-refractivity contribution in [3.05, 3.63) is 133 Å². The zero-order chi connectivity index (χ0) is 26.7. The molecule has 0 unspecified atom stereocenters. The molecular formula is C37H22N4. The highest BCUT2D eigenvalue weighted by Crippen LogP contribution is 2.45. The van der Waals surface area contributed by atoms with Crippen molar-refractivity contribution >= 4 is 60.3 Å². The Balaban J connectivity index is 1.48. The van der Waals surface area contributed by atoms with E-state index in [0.717, 1.165) is 50.6 Å². The molecule has 0 aliphatic heterocycles. The third-order valence-corrected chi connectivity index (χ3v) is 8.93. The Morgan fingerprint density at radius 3 is 2.34 bits per heavy atom. The smallest absolute Gasteiger partial charge is 0.147 e. The fourth-order valence-electron chi connectivity index (χ4n) is 7.25. The van der Waals surface area contributed by atoms with Gasteiger partial charge in [-0.15, -0.1) is 0 Å². The Kier molecular flexibility index (Phi) is 3.95. The Hall–Kier alpha value is -5.48. The van der Waals surface area contributed by atoms with E-state index in [0.29, 0.717) is 0 Å². The van der Waals surface area contributed by atoms with Crippen LogP contribution in [-0.2, 0) is 6.42 Å². The summed E-state index contributed by atoms with van der Waals surface area (Å²) in [5.74, 6) is 0. The van der Waals surface area contributed by atoms with E-state index in [1.807, 2.05) is 12.3 Å². The van der Waals surface area contributed by atoms with Gasteiger partial charge in [0.15, 0.2) is 0 Å². The molecule has 0 saturated carbocycles. The van der Waals surface area contributed by atoms with Gasteiger partial charge in [-0.05, 0) is 89.3 Å². The number of fused-ring (bicyclic) bond motifs is 15. The van der Waals surface area contributed by atoms with Gasteiger partial charge in [0.05, 0.1) is 33.1 Å². The van der Waals surface area contributed by atoms with Crippen molar-refractivity contribution in [2.45, 2.75) is 6.42 Å². The largest absolute Gasteiger partial charge is 0.309 e. The van der Waals surface area contributed by atoms with Crippen molar-refractivity contribution in [3.8, 4) is 16.8 Å². The zero-order valence-electron chi connectivity index (χ0n) is 22.0. The second kappa shape index (κ2) is 7.58. The van der Waals surface area contributed by atoms with E-state index in [-0.39, 0.29) is 0 Å². The van der Waals surface area contributed by atoms with Gasteiger partial charge in [-0.1, -0.05) is 54.6 Å². The molecule has 0 radical (unpaired) electrons. The van der Waals surface area contributed by atoms with Gasteiger partial charge in [0, 0.05) is 33.4 Å². The lowest BCUT2D eigenvalue weighted by molar-refractivity contribution is 1.18. The molecule has 0 spiro atoms. The summed E-state index contributed by atoms with van der Waals surface area (Å²) in [6.45, 7) is 0. The van der Waals surface area contributed by atoms with Crippen molar-refractivity contribution in [1.29, 1.82) is 0 Å². The molecule has 0 atom stereocenters. The van der Waals surface area contributed by atoms with Gasteiger partial charge >= 0.3 is 0 Å². The van der Waals surface area contributed by atoms with E-state index in [1.165, 1.54) is 44.1 Å². The second-order valence-corrected chi connectivity index (χ2v) is 11.0. The van der Waals surface area contributed by atoms with Crippen LogP contribution in [0.4, 0.5) is 0 Å². The molecule has 4 aromatic heterocycles. The summed E-state index contributed by atoms with van der Waals surface area (Å²) in [4.78, 5) is 10.2. The standard InChI is InChI=1S/C37H22N4/c1-2-10-24(11-3-1)40-31-17-16-26-35(34(31)28-20-23-19-22-9-4-5-12-25(22)27(23)21-33(28)40)37-39-29-13-6-7-14-30(29)41(37)32-15-8-18-38-36(26)32/h1-18,20-21H,19H2. The second-order valence-electron chi connectivity index (χ2n) is 11.0. The molecule has 0 fully saturated rings. The van der Waals surface area contributed by atoms with Crippen LogP contribution in [0, 0.1) is 0 Å². The number of imidazole rings is 1. The highest BCUT2D eigenvalue weighted by Gasteiger charge is 2.25. The maximum atomic E-state index is 5.26. The van der Waals surface area contributed by atoms with Crippen molar-refractivity contribution in [2.24, 2.45) is 0 Å². The van der Waals surface area contributed by atoms with Crippen LogP contribution in [0.25, 0.3) is 77.1 Å². The number of pyridine rings is 2. The third-order valence-electron chi connectivity index (χ3n) is 8.93. The number of para-hydroxylation sites is 3. The van der Waals surface area contributed by atoms with E-state index in [2.05, 4.69) is 118 Å². The minimum absolute atomic E-state index is 0.956. The van der Waals surface area contributed by atoms with Gasteiger partial charge < -0.3 is 4.57 Å². The van der Waals surface area contributed by atoms with Crippen LogP contribution in [-0.4, -0.2) is 18.9 Å². The summed E-state index contributed by atoms with van der Waals surface area (Å²) in [5, 5.41) is 4.77. The van der Waals surface area contributed by atoms with Crippen LogP contribution in [0.5, 0.6) is 0 Å². The lowest BCUT2D eigenvalue weighted by atomic mass is 10.00. The topological polar surface area (TPSA) is 35.1 Å². The molecule has 4 heteroatoms. The zero-order valence-corrected chi connectivity index (χ0v) is 22.0. The lowest BCUT2D eigenvalue weighted by Crippen LogP contribution is -1.95. The Morgan fingerprint density at radius 1 is 0.561 bits per heavy atom. The maximum absolute atomic E-state index is 5.26. The SMILES string of the molecule is c1ccc(-n2c3cc4c(cc3c3c5c(ccc32)c2ncccc2n2c3ccccc3nc52)Cc2ccccc2-4)cc1. The predicted molar refractivity (Wildman–Crippen MR) is 168 cm³/mol.